The molecule has 0 aliphatic carbocycles. The lowest BCUT2D eigenvalue weighted by atomic mass is 10.3. The highest BCUT2D eigenvalue weighted by Crippen LogP contribution is 2.26. The molecule has 29 heavy (non-hydrogen) atoms. The number of piperazine rings is 1. The van der Waals surface area contributed by atoms with Crippen LogP contribution >= 0.6 is 0 Å². The van der Waals surface area contributed by atoms with Gasteiger partial charge in [0.25, 0.3) is 11.6 Å². The van der Waals surface area contributed by atoms with Gasteiger partial charge in [-0.15, -0.1) is 0 Å². The first-order chi connectivity index (χ1) is 13.8. The zero-order valence-corrected chi connectivity index (χ0v) is 16.2. The predicted molar refractivity (Wildman–Crippen MR) is 102 cm³/mol. The van der Waals surface area contributed by atoms with Crippen LogP contribution in [-0.4, -0.2) is 56.3 Å². The Kier molecular flexibility index (Phi) is 6.20. The zero-order valence-electron chi connectivity index (χ0n) is 15.4. The lowest BCUT2D eigenvalue weighted by molar-refractivity contribution is -0.895. The Labute approximate surface area is 166 Å². The molecule has 0 spiro atoms. The number of nitro groups is 1. The summed E-state index contributed by atoms with van der Waals surface area (Å²) in [5, 5.41) is 13.6. The van der Waals surface area contributed by atoms with E-state index in [1.807, 2.05) is 0 Å². The highest BCUT2D eigenvalue weighted by Gasteiger charge is 2.35. The summed E-state index contributed by atoms with van der Waals surface area (Å²) in [5.74, 6) is -0.906. The average molecular weight is 423 g/mol. The fourth-order valence-corrected chi connectivity index (χ4v) is 4.77. The van der Waals surface area contributed by atoms with E-state index in [0.29, 0.717) is 13.1 Å². The molecule has 1 aliphatic rings. The Bertz CT molecular complexity index is 1020. The minimum absolute atomic E-state index is 0.0632. The quantitative estimate of drug-likeness (QED) is 0.511. The average Bonchev–Trinajstić information content (AvgIpc) is 2.70. The number of rotatable bonds is 6. The van der Waals surface area contributed by atoms with Crippen molar-refractivity contribution in [1.29, 1.82) is 0 Å². The van der Waals surface area contributed by atoms with Crippen molar-refractivity contribution in [1.82, 2.24) is 4.31 Å². The van der Waals surface area contributed by atoms with Gasteiger partial charge in [0.15, 0.2) is 11.4 Å². The molecule has 1 heterocycles. The molecule has 1 aliphatic heterocycles. The molecule has 3 rings (SSSR count). The molecular weight excluding hydrogens is 403 g/mol. The van der Waals surface area contributed by atoms with Crippen molar-refractivity contribution in [2.24, 2.45) is 0 Å². The summed E-state index contributed by atoms with van der Waals surface area (Å²) in [5.41, 5.74) is -0.374. The lowest BCUT2D eigenvalue weighted by Gasteiger charge is -2.31. The third-order valence-corrected chi connectivity index (χ3v) is 6.61. The van der Waals surface area contributed by atoms with Crippen LogP contribution in [0.1, 0.15) is 0 Å². The summed E-state index contributed by atoms with van der Waals surface area (Å²) < 4.78 is 40.4. The summed E-state index contributed by atoms with van der Waals surface area (Å²) in [6.45, 7) is 1.01. The van der Waals surface area contributed by atoms with Crippen LogP contribution in [0.25, 0.3) is 0 Å². The SMILES string of the molecule is O=C(C[NH+]1CCN(S(=O)(=O)c2ccccc2[N+](=O)[O-])CC1)Nc1ccccc1F. The molecule has 1 saturated heterocycles. The topological polar surface area (TPSA) is 114 Å². The van der Waals surface area contributed by atoms with Gasteiger partial charge in [-0.05, 0) is 18.2 Å². The number of halogens is 1. The van der Waals surface area contributed by atoms with Gasteiger partial charge in [-0.3, -0.25) is 14.9 Å². The first-order valence-electron chi connectivity index (χ1n) is 8.90. The van der Waals surface area contributed by atoms with E-state index in [2.05, 4.69) is 5.32 Å². The first kappa shape index (κ1) is 20.8. The fourth-order valence-electron chi connectivity index (χ4n) is 3.17. The van der Waals surface area contributed by atoms with E-state index < -0.39 is 26.5 Å². The third kappa shape index (κ3) is 4.75. The second-order valence-electron chi connectivity index (χ2n) is 6.58. The monoisotopic (exact) mass is 423 g/mol. The number of hydrogen-bond acceptors (Lipinski definition) is 5. The maximum atomic E-state index is 13.6. The van der Waals surface area contributed by atoms with Crippen molar-refractivity contribution in [3.63, 3.8) is 0 Å². The molecule has 9 nitrogen and oxygen atoms in total. The van der Waals surface area contributed by atoms with Crippen LogP contribution in [0, 0.1) is 15.9 Å². The normalized spacial score (nSPS) is 15.8. The molecule has 0 atom stereocenters. The molecule has 0 radical (unpaired) electrons. The van der Waals surface area contributed by atoms with Gasteiger partial charge in [0.1, 0.15) is 5.82 Å². The summed E-state index contributed by atoms with van der Waals surface area (Å²) in [6, 6.07) is 11.1. The first-order valence-corrected chi connectivity index (χ1v) is 10.3. The van der Waals surface area contributed by atoms with Crippen LogP contribution in [0.2, 0.25) is 0 Å². The minimum atomic E-state index is -4.02. The highest BCUT2D eigenvalue weighted by molar-refractivity contribution is 7.89. The van der Waals surface area contributed by atoms with Crippen molar-refractivity contribution < 1.29 is 27.4 Å². The Morgan fingerprint density at radius 2 is 1.76 bits per heavy atom. The zero-order chi connectivity index (χ0) is 21.0. The lowest BCUT2D eigenvalue weighted by Crippen LogP contribution is -3.15. The molecular formula is C18H20FN4O5S+. The predicted octanol–water partition coefficient (Wildman–Crippen LogP) is 0.262. The standard InChI is InChI=1S/C18H19FN4O5S/c19-14-5-1-2-6-15(14)20-18(24)13-21-9-11-22(12-10-21)29(27,28)17-8-4-3-7-16(17)23(25)26/h1-8H,9-13H2,(H,20,24)/p+1. The molecule has 1 amide bonds. The van der Waals surface area contributed by atoms with E-state index in [1.54, 1.807) is 6.07 Å². The van der Waals surface area contributed by atoms with E-state index in [4.69, 9.17) is 0 Å². The Balaban J connectivity index is 1.61. The van der Waals surface area contributed by atoms with Crippen molar-refractivity contribution in [3.8, 4) is 0 Å². The van der Waals surface area contributed by atoms with Crippen molar-refractivity contribution in [2.75, 3.05) is 38.0 Å². The van der Waals surface area contributed by atoms with Gasteiger partial charge >= 0.3 is 0 Å². The molecule has 2 aromatic carbocycles. The second kappa shape index (κ2) is 8.64. The fraction of sp³-hybridized carbons (Fsp3) is 0.278. The van der Waals surface area contributed by atoms with Gasteiger partial charge in [-0.2, -0.15) is 4.31 Å². The molecule has 0 saturated carbocycles. The molecule has 0 aromatic heterocycles. The third-order valence-electron chi connectivity index (χ3n) is 4.67. The number of hydrogen-bond donors (Lipinski definition) is 2. The molecule has 154 valence electrons. The van der Waals surface area contributed by atoms with E-state index >= 15 is 0 Å². The number of carbonyl (C=O) groups is 1. The summed E-state index contributed by atoms with van der Waals surface area (Å²) in [6.07, 6.45) is 0. The Morgan fingerprint density at radius 1 is 1.14 bits per heavy atom. The second-order valence-corrected chi connectivity index (χ2v) is 8.49. The Morgan fingerprint density at radius 3 is 2.41 bits per heavy atom. The maximum Gasteiger partial charge on any atom is 0.289 e. The van der Waals surface area contributed by atoms with Gasteiger partial charge in [0, 0.05) is 6.07 Å². The number of sulfonamides is 1. The highest BCUT2D eigenvalue weighted by atomic mass is 32.2. The van der Waals surface area contributed by atoms with E-state index in [9.17, 15) is 27.7 Å². The number of nitrogens with zero attached hydrogens (tertiary/aromatic N) is 2. The maximum absolute atomic E-state index is 13.6. The molecule has 11 heteroatoms. The van der Waals surface area contributed by atoms with Crippen LogP contribution in [0.4, 0.5) is 15.8 Å². The van der Waals surface area contributed by atoms with E-state index in [-0.39, 0.29) is 36.1 Å². The minimum Gasteiger partial charge on any atom is -0.325 e. The van der Waals surface area contributed by atoms with Gasteiger partial charge in [-0.1, -0.05) is 24.3 Å². The van der Waals surface area contributed by atoms with Gasteiger partial charge in [-0.25, -0.2) is 12.8 Å². The molecule has 2 aromatic rings. The number of nitro benzene ring substituents is 1. The number of quaternary nitrogens is 1. The number of benzene rings is 2. The summed E-state index contributed by atoms with van der Waals surface area (Å²) in [7, 11) is -4.02. The van der Waals surface area contributed by atoms with Crippen molar-refractivity contribution >= 4 is 27.3 Å². The number of anilines is 1. The van der Waals surface area contributed by atoms with Crippen molar-refractivity contribution in [3.05, 3.63) is 64.5 Å². The molecule has 2 N–H and O–H groups in total. The summed E-state index contributed by atoms with van der Waals surface area (Å²) >= 11 is 0. The summed E-state index contributed by atoms with van der Waals surface area (Å²) in [4.78, 5) is 23.1. The van der Waals surface area contributed by atoms with Crippen LogP contribution in [-0.2, 0) is 14.8 Å². The van der Waals surface area contributed by atoms with E-state index in [0.717, 1.165) is 11.0 Å². The molecule has 1 fully saturated rings. The van der Waals surface area contributed by atoms with Crippen LogP contribution < -0.4 is 10.2 Å². The van der Waals surface area contributed by atoms with Crippen LogP contribution in [0.3, 0.4) is 0 Å². The van der Waals surface area contributed by atoms with Gasteiger partial charge < -0.3 is 10.2 Å². The van der Waals surface area contributed by atoms with Gasteiger partial charge in [0.05, 0.1) is 36.8 Å². The number of nitrogens with one attached hydrogen (secondary N) is 2. The number of amides is 1. The van der Waals surface area contributed by atoms with Crippen LogP contribution in [0.5, 0.6) is 0 Å². The largest absolute Gasteiger partial charge is 0.325 e. The molecule has 0 bridgehead atoms. The number of para-hydroxylation sites is 2. The van der Waals surface area contributed by atoms with Crippen molar-refractivity contribution in [2.45, 2.75) is 4.90 Å². The number of carbonyl (C=O) groups excluding carboxylic acids is 1. The molecule has 0 unspecified atom stereocenters. The van der Waals surface area contributed by atoms with E-state index in [1.165, 1.54) is 40.7 Å². The smallest absolute Gasteiger partial charge is 0.289 e. The Hall–Kier alpha value is -2.89. The van der Waals surface area contributed by atoms with Crippen LogP contribution in [0.15, 0.2) is 53.4 Å². The van der Waals surface area contributed by atoms with Gasteiger partial charge in [0.2, 0.25) is 10.0 Å².